The Morgan fingerprint density at radius 1 is 1.42 bits per heavy atom. The van der Waals surface area contributed by atoms with Crippen molar-refractivity contribution in [1.29, 1.82) is 0 Å². The molecule has 19 heavy (non-hydrogen) atoms. The van der Waals surface area contributed by atoms with Gasteiger partial charge in [0, 0.05) is 34.3 Å². The molecular weight excluding hydrogens is 326 g/mol. The van der Waals surface area contributed by atoms with Gasteiger partial charge in [-0.05, 0) is 41.9 Å². The lowest BCUT2D eigenvalue weighted by atomic mass is 10.1. The van der Waals surface area contributed by atoms with Crippen molar-refractivity contribution in [2.45, 2.75) is 26.4 Å². The van der Waals surface area contributed by atoms with E-state index in [1.165, 1.54) is 0 Å². The monoisotopic (exact) mass is 341 g/mol. The van der Waals surface area contributed by atoms with E-state index in [0.717, 1.165) is 31.2 Å². The van der Waals surface area contributed by atoms with E-state index in [4.69, 9.17) is 4.74 Å². The molecule has 0 amide bonds. The molecule has 0 aliphatic rings. The predicted octanol–water partition coefficient (Wildman–Crippen LogP) is 3.81. The molecule has 0 fully saturated rings. The van der Waals surface area contributed by atoms with Crippen LogP contribution in [0.1, 0.15) is 27.8 Å². The van der Waals surface area contributed by atoms with Crippen molar-refractivity contribution < 1.29 is 9.84 Å². The number of rotatable bonds is 4. The molecule has 3 nitrogen and oxygen atoms in total. The van der Waals surface area contributed by atoms with Gasteiger partial charge in [-0.15, -0.1) is 11.3 Å². The van der Waals surface area contributed by atoms with E-state index in [2.05, 4.69) is 20.9 Å². The fourth-order valence-corrected chi connectivity index (χ4v) is 3.48. The van der Waals surface area contributed by atoms with Crippen molar-refractivity contribution in [3.63, 3.8) is 0 Å². The summed E-state index contributed by atoms with van der Waals surface area (Å²) in [7, 11) is 1.66. The van der Waals surface area contributed by atoms with Crippen LogP contribution in [0.25, 0.3) is 0 Å². The van der Waals surface area contributed by atoms with Crippen molar-refractivity contribution in [3.8, 4) is 5.75 Å². The summed E-state index contributed by atoms with van der Waals surface area (Å²) in [6, 6.07) is 3.87. The Kier molecular flexibility index (Phi) is 4.60. The average molecular weight is 342 g/mol. The summed E-state index contributed by atoms with van der Waals surface area (Å²) in [5, 5.41) is 10.3. The second-order valence-electron chi connectivity index (χ2n) is 4.41. The molecule has 0 spiro atoms. The molecule has 102 valence electrons. The van der Waals surface area contributed by atoms with E-state index in [9.17, 15) is 5.11 Å². The van der Waals surface area contributed by atoms with Crippen molar-refractivity contribution in [2.75, 3.05) is 7.11 Å². The maximum atomic E-state index is 10.3. The summed E-state index contributed by atoms with van der Waals surface area (Å²) in [5.74, 6) is 0.851. The highest BCUT2D eigenvalue weighted by Crippen LogP contribution is 2.31. The summed E-state index contributed by atoms with van der Waals surface area (Å²) in [5.41, 5.74) is 2.88. The van der Waals surface area contributed by atoms with Gasteiger partial charge >= 0.3 is 0 Å². The SMILES string of the molecule is COc1c(C)cnc(CC(O)c2ccc(Br)s2)c1C. The van der Waals surface area contributed by atoms with E-state index in [1.807, 2.05) is 26.0 Å². The highest BCUT2D eigenvalue weighted by atomic mass is 79.9. The number of halogens is 1. The number of aliphatic hydroxyl groups excluding tert-OH is 1. The van der Waals surface area contributed by atoms with Crippen LogP contribution in [0.4, 0.5) is 0 Å². The number of hydrogen-bond donors (Lipinski definition) is 1. The van der Waals surface area contributed by atoms with Crippen LogP contribution in [-0.2, 0) is 6.42 Å². The highest BCUT2D eigenvalue weighted by molar-refractivity contribution is 9.11. The Balaban J connectivity index is 2.24. The van der Waals surface area contributed by atoms with Crippen LogP contribution in [0.15, 0.2) is 22.1 Å². The largest absolute Gasteiger partial charge is 0.496 e. The molecule has 1 N–H and O–H groups in total. The first-order valence-corrected chi connectivity index (χ1v) is 7.56. The fourth-order valence-electron chi connectivity index (χ4n) is 2.07. The van der Waals surface area contributed by atoms with E-state index < -0.39 is 6.10 Å². The standard InChI is InChI=1S/C14H16BrNO2S/c1-8-7-16-10(9(2)14(8)18-3)6-11(17)12-4-5-13(15)19-12/h4-5,7,11,17H,6H2,1-3H3. The number of ether oxygens (including phenoxy) is 1. The van der Waals surface area contributed by atoms with Crippen molar-refractivity contribution >= 4 is 27.3 Å². The van der Waals surface area contributed by atoms with Crippen molar-refractivity contribution in [2.24, 2.45) is 0 Å². The first-order valence-electron chi connectivity index (χ1n) is 5.95. The molecule has 5 heteroatoms. The molecule has 0 aliphatic heterocycles. The molecule has 1 atom stereocenters. The average Bonchev–Trinajstić information content (AvgIpc) is 2.80. The van der Waals surface area contributed by atoms with Gasteiger partial charge in [0.25, 0.3) is 0 Å². The Morgan fingerprint density at radius 2 is 2.16 bits per heavy atom. The number of nitrogens with zero attached hydrogens (tertiary/aromatic N) is 1. The molecular formula is C14H16BrNO2S. The third-order valence-electron chi connectivity index (χ3n) is 3.06. The number of thiophene rings is 1. The molecule has 0 radical (unpaired) electrons. The second kappa shape index (κ2) is 6.03. The molecule has 0 saturated carbocycles. The number of methoxy groups -OCH3 is 1. The minimum atomic E-state index is -0.532. The lowest BCUT2D eigenvalue weighted by Crippen LogP contribution is -2.05. The zero-order valence-corrected chi connectivity index (χ0v) is 13.5. The first kappa shape index (κ1) is 14.5. The van der Waals surface area contributed by atoms with E-state index in [-0.39, 0.29) is 0 Å². The number of aryl methyl sites for hydroxylation is 1. The Morgan fingerprint density at radius 3 is 2.74 bits per heavy atom. The van der Waals surface area contributed by atoms with Crippen LogP contribution in [0, 0.1) is 13.8 Å². The van der Waals surface area contributed by atoms with Crippen LogP contribution in [0.2, 0.25) is 0 Å². The molecule has 1 unspecified atom stereocenters. The minimum absolute atomic E-state index is 0.495. The summed E-state index contributed by atoms with van der Waals surface area (Å²) in [6.45, 7) is 3.95. The van der Waals surface area contributed by atoms with Crippen LogP contribution in [0.5, 0.6) is 5.75 Å². The molecule has 2 aromatic heterocycles. The Hall–Kier alpha value is -0.910. The van der Waals surface area contributed by atoms with E-state index in [0.29, 0.717) is 6.42 Å². The quantitative estimate of drug-likeness (QED) is 0.919. The van der Waals surface area contributed by atoms with E-state index >= 15 is 0 Å². The van der Waals surface area contributed by atoms with E-state index in [1.54, 1.807) is 24.6 Å². The number of hydrogen-bond acceptors (Lipinski definition) is 4. The first-order chi connectivity index (χ1) is 9.02. The molecule has 2 heterocycles. The summed E-state index contributed by atoms with van der Waals surface area (Å²) >= 11 is 4.95. The zero-order chi connectivity index (χ0) is 14.0. The van der Waals surface area contributed by atoms with Gasteiger partial charge in [0.15, 0.2) is 0 Å². The van der Waals surface area contributed by atoms with Gasteiger partial charge in [0.2, 0.25) is 0 Å². The molecule has 2 rings (SSSR count). The number of aliphatic hydroxyl groups is 1. The second-order valence-corrected chi connectivity index (χ2v) is 6.90. The van der Waals surface area contributed by atoms with Gasteiger partial charge in [-0.2, -0.15) is 0 Å². The minimum Gasteiger partial charge on any atom is -0.496 e. The topological polar surface area (TPSA) is 42.4 Å². The molecule has 0 saturated heterocycles. The smallest absolute Gasteiger partial charge is 0.128 e. The Labute approximate surface area is 125 Å². The molecule has 0 bridgehead atoms. The van der Waals surface area contributed by atoms with Crippen molar-refractivity contribution in [1.82, 2.24) is 4.98 Å². The maximum absolute atomic E-state index is 10.3. The molecule has 0 aromatic carbocycles. The van der Waals surface area contributed by atoms with Crippen LogP contribution in [-0.4, -0.2) is 17.2 Å². The highest BCUT2D eigenvalue weighted by Gasteiger charge is 2.16. The number of pyridine rings is 1. The van der Waals surface area contributed by atoms with Gasteiger partial charge < -0.3 is 9.84 Å². The fraction of sp³-hybridized carbons (Fsp3) is 0.357. The lowest BCUT2D eigenvalue weighted by Gasteiger charge is -2.14. The van der Waals surface area contributed by atoms with Gasteiger partial charge in [0.1, 0.15) is 5.75 Å². The van der Waals surface area contributed by atoms with Gasteiger partial charge in [-0.1, -0.05) is 0 Å². The molecule has 2 aromatic rings. The zero-order valence-electron chi connectivity index (χ0n) is 11.1. The summed E-state index contributed by atoms with van der Waals surface area (Å²) in [6.07, 6.45) is 1.75. The van der Waals surface area contributed by atoms with Crippen LogP contribution >= 0.6 is 27.3 Å². The van der Waals surface area contributed by atoms with Crippen LogP contribution < -0.4 is 4.74 Å². The molecule has 0 aliphatic carbocycles. The van der Waals surface area contributed by atoms with Gasteiger partial charge in [0.05, 0.1) is 17.0 Å². The van der Waals surface area contributed by atoms with Crippen LogP contribution in [0.3, 0.4) is 0 Å². The van der Waals surface area contributed by atoms with Gasteiger partial charge in [-0.25, -0.2) is 0 Å². The summed E-state index contributed by atoms with van der Waals surface area (Å²) < 4.78 is 6.40. The van der Waals surface area contributed by atoms with Gasteiger partial charge in [-0.3, -0.25) is 4.98 Å². The third-order valence-corrected chi connectivity index (χ3v) is 4.78. The number of aromatic nitrogens is 1. The Bertz CT molecular complexity index is 583. The normalized spacial score (nSPS) is 12.5. The lowest BCUT2D eigenvalue weighted by molar-refractivity contribution is 0.180. The predicted molar refractivity (Wildman–Crippen MR) is 80.9 cm³/mol. The maximum Gasteiger partial charge on any atom is 0.128 e. The summed E-state index contributed by atoms with van der Waals surface area (Å²) in [4.78, 5) is 5.35. The van der Waals surface area contributed by atoms with Crippen molar-refractivity contribution in [3.05, 3.63) is 43.8 Å². The third kappa shape index (κ3) is 3.16.